The molecular weight excluding hydrogens is 268 g/mol. The summed E-state index contributed by atoms with van der Waals surface area (Å²) < 4.78 is 0. The summed E-state index contributed by atoms with van der Waals surface area (Å²) in [4.78, 5) is 10.1. The van der Waals surface area contributed by atoms with E-state index in [0.717, 1.165) is 30.2 Å². The van der Waals surface area contributed by atoms with Crippen LogP contribution in [0.5, 0.6) is 0 Å². The van der Waals surface area contributed by atoms with Crippen LogP contribution in [0.15, 0.2) is 17.8 Å². The first-order valence-electron chi connectivity index (χ1n) is 6.99. The maximum Gasteiger partial charge on any atom is 0.135 e. The molecule has 108 valence electrons. The summed E-state index contributed by atoms with van der Waals surface area (Å²) in [5.41, 5.74) is 2.56. The number of nitrogens with one attached hydrogen (secondary N) is 2. The van der Waals surface area contributed by atoms with Crippen molar-refractivity contribution in [3.8, 4) is 0 Å². The molecule has 0 aliphatic rings. The van der Waals surface area contributed by atoms with Crippen LogP contribution in [0.25, 0.3) is 0 Å². The van der Waals surface area contributed by atoms with Crippen molar-refractivity contribution in [2.75, 3.05) is 17.7 Å². The second kappa shape index (κ2) is 6.70. The number of hydrogen-bond donors (Lipinski definition) is 2. The third kappa shape index (κ3) is 3.10. The summed E-state index contributed by atoms with van der Waals surface area (Å²) >= 11 is 1.80. The molecule has 2 N–H and O–H groups in total. The number of rotatable bonds is 6. The first-order chi connectivity index (χ1) is 9.67. The molecular formula is C15H22N4S. The highest BCUT2D eigenvalue weighted by Crippen LogP contribution is 2.29. The van der Waals surface area contributed by atoms with Gasteiger partial charge in [0, 0.05) is 17.5 Å². The molecule has 0 aliphatic heterocycles. The molecule has 0 aromatic carbocycles. The van der Waals surface area contributed by atoms with Crippen molar-refractivity contribution >= 4 is 23.0 Å². The van der Waals surface area contributed by atoms with Crippen molar-refractivity contribution in [2.24, 2.45) is 0 Å². The van der Waals surface area contributed by atoms with Gasteiger partial charge in [-0.15, -0.1) is 11.3 Å². The van der Waals surface area contributed by atoms with Crippen molar-refractivity contribution < 1.29 is 0 Å². The molecule has 0 amide bonds. The third-order valence-electron chi connectivity index (χ3n) is 3.33. The summed E-state index contributed by atoms with van der Waals surface area (Å²) in [6.07, 6.45) is 2.68. The van der Waals surface area contributed by atoms with Gasteiger partial charge in [0.1, 0.15) is 18.0 Å². The highest BCUT2D eigenvalue weighted by atomic mass is 32.1. The number of aromatic nitrogens is 2. The zero-order valence-electron chi connectivity index (χ0n) is 12.5. The van der Waals surface area contributed by atoms with Gasteiger partial charge in [-0.2, -0.15) is 0 Å². The van der Waals surface area contributed by atoms with Gasteiger partial charge in [0.15, 0.2) is 0 Å². The Labute approximate surface area is 124 Å². The molecule has 0 bridgehead atoms. The average Bonchev–Trinajstić information content (AvgIpc) is 2.91. The molecule has 0 spiro atoms. The first-order valence-corrected chi connectivity index (χ1v) is 7.87. The maximum atomic E-state index is 4.41. The molecule has 2 aromatic heterocycles. The molecule has 0 fully saturated rings. The van der Waals surface area contributed by atoms with Crippen molar-refractivity contribution in [1.29, 1.82) is 0 Å². The van der Waals surface area contributed by atoms with Crippen LogP contribution in [0.1, 0.15) is 42.7 Å². The Morgan fingerprint density at radius 3 is 2.65 bits per heavy atom. The van der Waals surface area contributed by atoms with Gasteiger partial charge in [-0.1, -0.05) is 20.8 Å². The van der Waals surface area contributed by atoms with E-state index in [-0.39, 0.29) is 0 Å². The number of aryl methyl sites for hydroxylation is 1. The molecule has 2 heterocycles. The Kier molecular flexibility index (Phi) is 4.95. The summed E-state index contributed by atoms with van der Waals surface area (Å²) in [5.74, 6) is 2.20. The quantitative estimate of drug-likeness (QED) is 0.847. The van der Waals surface area contributed by atoms with Crippen molar-refractivity contribution in [2.45, 2.75) is 39.7 Å². The molecule has 0 atom stereocenters. The lowest BCUT2D eigenvalue weighted by atomic mass is 10.0. The van der Waals surface area contributed by atoms with E-state index in [2.05, 4.69) is 52.8 Å². The van der Waals surface area contributed by atoms with E-state index in [0.29, 0.717) is 5.92 Å². The van der Waals surface area contributed by atoms with Crippen LogP contribution in [0.4, 0.5) is 11.6 Å². The van der Waals surface area contributed by atoms with Crippen LogP contribution in [-0.4, -0.2) is 17.0 Å². The van der Waals surface area contributed by atoms with Gasteiger partial charge in [0.2, 0.25) is 0 Å². The van der Waals surface area contributed by atoms with Crippen LogP contribution in [-0.2, 0) is 13.0 Å². The fourth-order valence-corrected chi connectivity index (χ4v) is 3.20. The normalized spacial score (nSPS) is 10.8. The molecule has 5 heteroatoms. The second-order valence-corrected chi connectivity index (χ2v) is 5.97. The lowest BCUT2D eigenvalue weighted by Gasteiger charge is -2.16. The molecule has 4 nitrogen and oxygen atoms in total. The van der Waals surface area contributed by atoms with Gasteiger partial charge >= 0.3 is 0 Å². The fourth-order valence-electron chi connectivity index (χ4n) is 2.28. The average molecular weight is 290 g/mol. The number of hydrogen-bond acceptors (Lipinski definition) is 5. The standard InChI is InChI=1S/C15H22N4S/c1-5-11-6-7-20-12(11)8-17-15-13(10(2)3)14(16-4)18-9-19-15/h6-7,9-10H,5,8H2,1-4H3,(H2,16,17,18,19). The molecule has 20 heavy (non-hydrogen) atoms. The van der Waals surface area contributed by atoms with Crippen LogP contribution in [0.2, 0.25) is 0 Å². The topological polar surface area (TPSA) is 49.8 Å². The van der Waals surface area contributed by atoms with Crippen LogP contribution in [0.3, 0.4) is 0 Å². The van der Waals surface area contributed by atoms with E-state index < -0.39 is 0 Å². The molecule has 0 saturated heterocycles. The summed E-state index contributed by atoms with van der Waals surface area (Å²) in [6.45, 7) is 7.33. The lowest BCUT2D eigenvalue weighted by Crippen LogP contribution is -2.09. The molecule has 2 rings (SSSR count). The van der Waals surface area contributed by atoms with Gasteiger partial charge in [-0.05, 0) is 29.3 Å². The second-order valence-electron chi connectivity index (χ2n) is 4.97. The monoisotopic (exact) mass is 290 g/mol. The largest absolute Gasteiger partial charge is 0.373 e. The van der Waals surface area contributed by atoms with E-state index in [9.17, 15) is 0 Å². The predicted octanol–water partition coefficient (Wildman–Crippen LogP) is 3.88. The highest BCUT2D eigenvalue weighted by molar-refractivity contribution is 7.10. The van der Waals surface area contributed by atoms with Crippen molar-refractivity contribution in [3.05, 3.63) is 33.8 Å². The zero-order chi connectivity index (χ0) is 14.5. The molecule has 0 radical (unpaired) electrons. The van der Waals surface area contributed by atoms with E-state index in [4.69, 9.17) is 0 Å². The third-order valence-corrected chi connectivity index (χ3v) is 4.30. The first kappa shape index (κ1) is 14.8. The van der Waals surface area contributed by atoms with E-state index in [1.165, 1.54) is 10.4 Å². The minimum Gasteiger partial charge on any atom is -0.373 e. The van der Waals surface area contributed by atoms with Gasteiger partial charge in [-0.25, -0.2) is 9.97 Å². The van der Waals surface area contributed by atoms with Gasteiger partial charge in [0.05, 0.1) is 6.54 Å². The predicted molar refractivity (Wildman–Crippen MR) is 86.7 cm³/mol. The highest BCUT2D eigenvalue weighted by Gasteiger charge is 2.14. The Morgan fingerprint density at radius 1 is 1.25 bits per heavy atom. The SMILES string of the molecule is CCc1ccsc1CNc1ncnc(NC)c1C(C)C. The van der Waals surface area contributed by atoms with Crippen molar-refractivity contribution in [3.63, 3.8) is 0 Å². The van der Waals surface area contributed by atoms with E-state index in [1.807, 2.05) is 7.05 Å². The Hall–Kier alpha value is -1.62. The number of thiophene rings is 1. The minimum absolute atomic E-state index is 0.370. The van der Waals surface area contributed by atoms with Crippen LogP contribution < -0.4 is 10.6 Å². The van der Waals surface area contributed by atoms with Gasteiger partial charge < -0.3 is 10.6 Å². The smallest absolute Gasteiger partial charge is 0.135 e. The summed E-state index contributed by atoms with van der Waals surface area (Å²) in [7, 11) is 1.90. The van der Waals surface area contributed by atoms with Crippen LogP contribution in [0, 0.1) is 0 Å². The maximum absolute atomic E-state index is 4.41. The van der Waals surface area contributed by atoms with Gasteiger partial charge in [0.25, 0.3) is 0 Å². The molecule has 0 unspecified atom stereocenters. The lowest BCUT2D eigenvalue weighted by molar-refractivity contribution is 0.847. The summed E-state index contributed by atoms with van der Waals surface area (Å²) in [5, 5.41) is 8.76. The molecule has 2 aromatic rings. The Bertz CT molecular complexity index is 563. The fraction of sp³-hybridized carbons (Fsp3) is 0.467. The molecule has 0 saturated carbocycles. The summed E-state index contributed by atoms with van der Waals surface area (Å²) in [6, 6.07) is 2.20. The number of anilines is 2. The minimum atomic E-state index is 0.370. The van der Waals surface area contributed by atoms with E-state index >= 15 is 0 Å². The van der Waals surface area contributed by atoms with Crippen LogP contribution >= 0.6 is 11.3 Å². The Balaban J connectivity index is 2.21. The van der Waals surface area contributed by atoms with E-state index in [1.54, 1.807) is 17.7 Å². The van der Waals surface area contributed by atoms with Crippen molar-refractivity contribution in [1.82, 2.24) is 9.97 Å². The Morgan fingerprint density at radius 2 is 2.00 bits per heavy atom. The van der Waals surface area contributed by atoms with Gasteiger partial charge in [-0.3, -0.25) is 0 Å². The molecule has 0 aliphatic carbocycles. The zero-order valence-corrected chi connectivity index (χ0v) is 13.3. The number of nitrogens with zero attached hydrogens (tertiary/aromatic N) is 2.